The highest BCUT2D eigenvalue weighted by molar-refractivity contribution is 7.85. The Labute approximate surface area is 165 Å². The zero-order chi connectivity index (χ0) is 20.6. The van der Waals surface area contributed by atoms with Gasteiger partial charge >= 0.3 is 12.1 Å². The Morgan fingerprint density at radius 1 is 1.11 bits per heavy atom. The van der Waals surface area contributed by atoms with Crippen LogP contribution in [0.1, 0.15) is 25.3 Å². The van der Waals surface area contributed by atoms with Gasteiger partial charge in [-0.15, -0.1) is 0 Å². The summed E-state index contributed by atoms with van der Waals surface area (Å²) < 4.78 is 37.9. The monoisotopic (exact) mass is 413 g/mol. The molecular weight excluding hydrogens is 386 g/mol. The zero-order valence-corrected chi connectivity index (χ0v) is 17.0. The van der Waals surface area contributed by atoms with E-state index in [9.17, 15) is 18.0 Å². The molecule has 1 amide bonds. The number of carbonyl (C=O) groups excluding carboxylic acids is 2. The van der Waals surface area contributed by atoms with E-state index < -0.39 is 16.1 Å². The molecule has 0 aromatic heterocycles. The number of likely N-dealkylation sites (tertiary alicyclic amines) is 1. The molecule has 9 heteroatoms. The molecule has 1 aromatic carbocycles. The Morgan fingerprint density at radius 3 is 2.32 bits per heavy atom. The lowest BCUT2D eigenvalue weighted by Gasteiger charge is -2.35. The molecule has 1 aliphatic heterocycles. The summed E-state index contributed by atoms with van der Waals surface area (Å²) in [5.74, 6) is -0.591. The minimum atomic E-state index is -3.58. The van der Waals surface area contributed by atoms with Gasteiger partial charge in [-0.1, -0.05) is 30.3 Å². The summed E-state index contributed by atoms with van der Waals surface area (Å²) in [5.41, 5.74) is 0.921. The molecule has 28 heavy (non-hydrogen) atoms. The second-order valence-electron chi connectivity index (χ2n) is 6.92. The van der Waals surface area contributed by atoms with E-state index >= 15 is 0 Å². The van der Waals surface area contributed by atoms with E-state index in [4.69, 9.17) is 13.7 Å². The van der Waals surface area contributed by atoms with E-state index in [0.717, 1.165) is 11.8 Å². The first kappa shape index (κ1) is 22.2. The number of ether oxygens (including phenoxy) is 2. The fourth-order valence-electron chi connectivity index (χ4n) is 3.12. The predicted molar refractivity (Wildman–Crippen MR) is 102 cm³/mol. The zero-order valence-electron chi connectivity index (χ0n) is 16.2. The van der Waals surface area contributed by atoms with E-state index in [0.29, 0.717) is 25.9 Å². The van der Waals surface area contributed by atoms with Crippen LogP contribution in [-0.2, 0) is 35.2 Å². The van der Waals surface area contributed by atoms with Crippen molar-refractivity contribution >= 4 is 22.2 Å². The molecule has 2 rings (SSSR count). The maximum absolute atomic E-state index is 12.3. The van der Waals surface area contributed by atoms with Crippen molar-refractivity contribution in [2.45, 2.75) is 26.4 Å². The first-order chi connectivity index (χ1) is 13.2. The fraction of sp³-hybridized carbons (Fsp3) is 0.579. The minimum absolute atomic E-state index is 0.0464. The Morgan fingerprint density at radius 2 is 1.75 bits per heavy atom. The molecule has 0 radical (unpaired) electrons. The van der Waals surface area contributed by atoms with Crippen molar-refractivity contribution in [1.82, 2.24) is 4.90 Å². The average Bonchev–Trinajstić information content (AvgIpc) is 2.66. The third kappa shape index (κ3) is 7.85. The average molecular weight is 413 g/mol. The van der Waals surface area contributed by atoms with Gasteiger partial charge < -0.3 is 14.4 Å². The van der Waals surface area contributed by atoms with Crippen molar-refractivity contribution in [3.05, 3.63) is 35.9 Å². The highest BCUT2D eigenvalue weighted by Gasteiger charge is 2.30. The summed E-state index contributed by atoms with van der Waals surface area (Å²) in [6, 6.07) is 9.45. The Balaban J connectivity index is 1.83. The van der Waals surface area contributed by atoms with Gasteiger partial charge in [0.1, 0.15) is 6.61 Å². The quantitative estimate of drug-likeness (QED) is 0.476. The molecule has 1 aromatic rings. The molecular formula is C19H27NO7S. The van der Waals surface area contributed by atoms with Gasteiger partial charge in [0, 0.05) is 25.9 Å². The van der Waals surface area contributed by atoms with Gasteiger partial charge in [0.2, 0.25) is 0 Å². The normalized spacial score (nSPS) is 16.4. The van der Waals surface area contributed by atoms with Crippen LogP contribution in [0.25, 0.3) is 0 Å². The topological polar surface area (TPSA) is 99.2 Å². The van der Waals surface area contributed by atoms with Crippen LogP contribution in [0, 0.1) is 11.8 Å². The van der Waals surface area contributed by atoms with Crippen LogP contribution in [0.2, 0.25) is 0 Å². The van der Waals surface area contributed by atoms with Gasteiger partial charge in [0.05, 0.1) is 19.5 Å². The standard InChI is InChI=1S/C19H27NO7S/c1-15(21)25-13-18(14-27-28(2,23)24)17-8-10-20(11-9-17)19(22)26-12-16-6-4-3-5-7-16/h3-7,17-18H,8-14H2,1-2H3/t18-/m0/s1. The largest absolute Gasteiger partial charge is 0.465 e. The number of piperidine rings is 1. The maximum Gasteiger partial charge on any atom is 0.410 e. The summed E-state index contributed by atoms with van der Waals surface area (Å²) in [6.07, 6.45) is 1.92. The van der Waals surface area contributed by atoms with Crippen molar-refractivity contribution in [3.63, 3.8) is 0 Å². The summed E-state index contributed by atoms with van der Waals surface area (Å²) in [5, 5.41) is 0. The van der Waals surface area contributed by atoms with E-state index in [1.807, 2.05) is 30.3 Å². The molecule has 0 unspecified atom stereocenters. The SMILES string of the molecule is CC(=O)OC[C@@H](COS(C)(=O)=O)C1CCN(C(=O)OCc2ccccc2)CC1. The Hall–Kier alpha value is -2.13. The van der Waals surface area contributed by atoms with Gasteiger partial charge in [0.25, 0.3) is 10.1 Å². The van der Waals surface area contributed by atoms with Crippen LogP contribution in [0.15, 0.2) is 30.3 Å². The van der Waals surface area contributed by atoms with Crippen LogP contribution >= 0.6 is 0 Å². The number of hydrogen-bond acceptors (Lipinski definition) is 7. The van der Waals surface area contributed by atoms with Gasteiger partial charge in [-0.25, -0.2) is 4.79 Å². The molecule has 8 nitrogen and oxygen atoms in total. The van der Waals surface area contributed by atoms with Crippen molar-refractivity contribution in [3.8, 4) is 0 Å². The third-order valence-electron chi connectivity index (χ3n) is 4.67. The highest BCUT2D eigenvalue weighted by atomic mass is 32.2. The number of benzene rings is 1. The lowest BCUT2D eigenvalue weighted by Crippen LogP contribution is -2.42. The van der Waals surface area contributed by atoms with Crippen molar-refractivity contribution in [2.75, 3.05) is 32.6 Å². The molecule has 0 saturated carbocycles. The van der Waals surface area contributed by atoms with Gasteiger partial charge in [-0.3, -0.25) is 8.98 Å². The summed E-state index contributed by atoms with van der Waals surface area (Å²) in [6.45, 7) is 2.56. The fourth-order valence-corrected chi connectivity index (χ4v) is 3.54. The molecule has 0 N–H and O–H groups in total. The number of esters is 1. The van der Waals surface area contributed by atoms with Crippen LogP contribution in [0.3, 0.4) is 0 Å². The Bertz CT molecular complexity index is 743. The summed E-state index contributed by atoms with van der Waals surface area (Å²) in [4.78, 5) is 25.0. The minimum Gasteiger partial charge on any atom is -0.465 e. The second kappa shape index (κ2) is 10.4. The Kier molecular flexibility index (Phi) is 8.25. The smallest absolute Gasteiger partial charge is 0.410 e. The van der Waals surface area contributed by atoms with Gasteiger partial charge in [0.15, 0.2) is 0 Å². The highest BCUT2D eigenvalue weighted by Crippen LogP contribution is 2.27. The van der Waals surface area contributed by atoms with Crippen molar-refractivity contribution in [1.29, 1.82) is 0 Å². The molecule has 156 valence electrons. The van der Waals surface area contributed by atoms with Gasteiger partial charge in [-0.2, -0.15) is 8.42 Å². The molecule has 0 aliphatic carbocycles. The molecule has 0 bridgehead atoms. The second-order valence-corrected chi connectivity index (χ2v) is 8.56. The third-order valence-corrected chi connectivity index (χ3v) is 5.23. The number of amides is 1. The lowest BCUT2D eigenvalue weighted by atomic mass is 9.85. The van der Waals surface area contributed by atoms with Crippen LogP contribution in [0.4, 0.5) is 4.79 Å². The van der Waals surface area contributed by atoms with Gasteiger partial charge in [-0.05, 0) is 24.3 Å². The molecule has 0 spiro atoms. The maximum atomic E-state index is 12.3. The summed E-state index contributed by atoms with van der Waals surface area (Å²) >= 11 is 0. The molecule has 1 aliphatic rings. The number of carbonyl (C=O) groups is 2. The molecule has 1 heterocycles. The van der Waals surface area contributed by atoms with E-state index in [1.54, 1.807) is 4.90 Å². The van der Waals surface area contributed by atoms with E-state index in [-0.39, 0.29) is 37.7 Å². The van der Waals surface area contributed by atoms with Crippen molar-refractivity contribution < 1.29 is 31.7 Å². The predicted octanol–water partition coefficient (Wildman–Crippen LogP) is 2.19. The number of nitrogens with zero attached hydrogens (tertiary/aromatic N) is 1. The number of hydrogen-bond donors (Lipinski definition) is 0. The molecule has 1 atom stereocenters. The van der Waals surface area contributed by atoms with Crippen LogP contribution in [-0.4, -0.2) is 57.9 Å². The van der Waals surface area contributed by atoms with E-state index in [1.165, 1.54) is 6.92 Å². The lowest BCUT2D eigenvalue weighted by molar-refractivity contribution is -0.143. The van der Waals surface area contributed by atoms with Crippen LogP contribution < -0.4 is 0 Å². The van der Waals surface area contributed by atoms with Crippen molar-refractivity contribution in [2.24, 2.45) is 11.8 Å². The first-order valence-electron chi connectivity index (χ1n) is 9.18. The molecule has 1 saturated heterocycles. The first-order valence-corrected chi connectivity index (χ1v) is 11.0. The summed E-state index contributed by atoms with van der Waals surface area (Å²) in [7, 11) is -3.58. The molecule has 1 fully saturated rings. The van der Waals surface area contributed by atoms with E-state index in [2.05, 4.69) is 0 Å². The van der Waals surface area contributed by atoms with Crippen LogP contribution in [0.5, 0.6) is 0 Å². The number of rotatable bonds is 8.